The van der Waals surface area contributed by atoms with Gasteiger partial charge in [-0.25, -0.2) is 0 Å². The molecule has 6 unspecified atom stereocenters. The van der Waals surface area contributed by atoms with E-state index >= 15 is 0 Å². The van der Waals surface area contributed by atoms with Gasteiger partial charge in [0.05, 0.1) is 24.8 Å². The topological polar surface area (TPSA) is 110 Å². The highest BCUT2D eigenvalue weighted by Crippen LogP contribution is 2.62. The van der Waals surface area contributed by atoms with Crippen molar-refractivity contribution in [3.05, 3.63) is 78.4 Å². The van der Waals surface area contributed by atoms with Crippen LogP contribution in [0.4, 0.5) is 0 Å². The van der Waals surface area contributed by atoms with E-state index in [1.54, 1.807) is 17.8 Å². The largest absolute Gasteiger partial charge is 0.493 e. The smallest absolute Gasteiger partial charge is 0.239 e. The summed E-state index contributed by atoms with van der Waals surface area (Å²) in [7, 11) is 0. The lowest BCUT2D eigenvalue weighted by Crippen LogP contribution is -2.70. The minimum absolute atomic E-state index is 0.0849. The van der Waals surface area contributed by atoms with Gasteiger partial charge in [0.15, 0.2) is 0 Å². The number of fused-ring (bicyclic) bond motifs is 2. The zero-order valence-corrected chi connectivity index (χ0v) is 37.6. The minimum atomic E-state index is -1.24. The molecule has 2 fully saturated rings. The van der Waals surface area contributed by atoms with Gasteiger partial charge in [0.2, 0.25) is 11.7 Å². The van der Waals surface area contributed by atoms with Crippen molar-refractivity contribution in [2.75, 3.05) is 38.7 Å². The highest BCUT2D eigenvalue weighted by molar-refractivity contribution is 7.99. The number of oxime groups is 1. The Balaban J connectivity index is 1.49. The van der Waals surface area contributed by atoms with Crippen LogP contribution in [0.25, 0.3) is 0 Å². The molecule has 9 nitrogen and oxygen atoms in total. The van der Waals surface area contributed by atoms with Crippen LogP contribution in [0.3, 0.4) is 0 Å². The van der Waals surface area contributed by atoms with E-state index in [2.05, 4.69) is 54.8 Å². The predicted octanol–water partition coefficient (Wildman–Crippen LogP) is 10.5. The predicted molar refractivity (Wildman–Crippen MR) is 242 cm³/mol. The summed E-state index contributed by atoms with van der Waals surface area (Å²) in [5, 5.41) is 24.9. The summed E-state index contributed by atoms with van der Waals surface area (Å²) in [5.41, 5.74) is 2.44. The Hall–Kier alpha value is -3.31. The quantitative estimate of drug-likeness (QED) is 0.0493. The lowest BCUT2D eigenvalue weighted by molar-refractivity contribution is -0.257. The summed E-state index contributed by atoms with van der Waals surface area (Å²) in [4.78, 5) is 24.3. The average Bonchev–Trinajstić information content (AvgIpc) is 3.77. The lowest BCUT2D eigenvalue weighted by atomic mass is 9.55. The number of carbonyl (C=O) groups excluding carboxylic acids is 1. The second kappa shape index (κ2) is 22.2. The Labute approximate surface area is 364 Å². The maximum Gasteiger partial charge on any atom is 0.239 e. The van der Waals surface area contributed by atoms with Gasteiger partial charge in [0.25, 0.3) is 0 Å². The number of aliphatic hydroxyl groups is 2. The number of nitrogens with zero attached hydrogens (tertiary/aromatic N) is 2. The van der Waals surface area contributed by atoms with Crippen LogP contribution in [-0.2, 0) is 14.4 Å². The molecule has 10 heteroatoms. The van der Waals surface area contributed by atoms with Gasteiger partial charge in [-0.1, -0.05) is 81.0 Å². The third-order valence-electron chi connectivity index (χ3n) is 12.8. The molecule has 6 rings (SSSR count). The fraction of sp³-hybridized carbons (Fsp3) is 0.640. The molecule has 2 saturated carbocycles. The molecule has 0 aromatic heterocycles. The number of hydrogen-bond donors (Lipinski definition) is 2. The molecule has 3 aliphatic carbocycles. The minimum Gasteiger partial charge on any atom is -0.493 e. The van der Waals surface area contributed by atoms with Crippen molar-refractivity contribution >= 4 is 23.4 Å². The normalized spacial score (nSPS) is 25.5. The third kappa shape index (κ3) is 11.4. The standard InChI is InChI=1S/C50H72N2O7S/c1-6-27-52(46(55)26-23-36-17-11-12-18-36)45-35-43(51-59-49(3,4)5)41-33-37(19-13-15-28-53)40(22-14-16-29-54)47-42-34-38(56-31-32-60-39-20-9-8-10-21-39)24-25-44(42)58-50(45,48(41)47)57-30-7-2/h7-10,20-21,24-25,33-34,36-37,40,45,47-48,53-54H,2,6,11-19,22-23,26-32,35H2,1,3-5H3. The van der Waals surface area contributed by atoms with Crippen molar-refractivity contribution < 1.29 is 34.1 Å². The fourth-order valence-electron chi connectivity index (χ4n) is 10.2. The van der Waals surface area contributed by atoms with Crippen LogP contribution in [0.5, 0.6) is 11.5 Å². The molecule has 0 saturated heterocycles. The van der Waals surface area contributed by atoms with Crippen molar-refractivity contribution in [1.29, 1.82) is 0 Å². The molecule has 1 heterocycles. The average molecular weight is 845 g/mol. The molecular formula is C50H72N2O7S. The zero-order chi connectivity index (χ0) is 42.5. The van der Waals surface area contributed by atoms with Crippen LogP contribution in [-0.4, -0.2) is 82.9 Å². The van der Waals surface area contributed by atoms with Crippen molar-refractivity contribution in [2.45, 2.75) is 146 Å². The molecule has 0 spiro atoms. The summed E-state index contributed by atoms with van der Waals surface area (Å²) in [6.45, 7) is 13.9. The van der Waals surface area contributed by atoms with Crippen molar-refractivity contribution in [3.8, 4) is 11.5 Å². The second-order valence-corrected chi connectivity index (χ2v) is 19.4. The molecular weight excluding hydrogens is 773 g/mol. The molecule has 60 heavy (non-hydrogen) atoms. The van der Waals surface area contributed by atoms with Crippen LogP contribution in [0, 0.1) is 23.7 Å². The Morgan fingerprint density at radius 2 is 1.78 bits per heavy atom. The summed E-state index contributed by atoms with van der Waals surface area (Å²) in [6.07, 6.45) is 16.7. The fourth-order valence-corrected chi connectivity index (χ4v) is 11.0. The van der Waals surface area contributed by atoms with Gasteiger partial charge in [-0.2, -0.15) is 0 Å². The maximum absolute atomic E-state index is 14.7. The van der Waals surface area contributed by atoms with Crippen molar-refractivity contribution in [3.63, 3.8) is 0 Å². The number of unbranched alkanes of at least 4 members (excludes halogenated alkanes) is 2. The van der Waals surface area contributed by atoms with Gasteiger partial charge in [0, 0.05) is 54.7 Å². The molecule has 0 radical (unpaired) electrons. The highest BCUT2D eigenvalue weighted by atomic mass is 32.2. The molecule has 2 aromatic carbocycles. The Morgan fingerprint density at radius 3 is 2.48 bits per heavy atom. The Morgan fingerprint density at radius 1 is 1.03 bits per heavy atom. The van der Waals surface area contributed by atoms with Crippen LogP contribution in [0.15, 0.2) is 82.9 Å². The van der Waals surface area contributed by atoms with Crippen molar-refractivity contribution in [2.24, 2.45) is 28.8 Å². The molecule has 2 N–H and O–H groups in total. The summed E-state index contributed by atoms with van der Waals surface area (Å²) in [6, 6.07) is 16.1. The van der Waals surface area contributed by atoms with E-state index in [0.29, 0.717) is 38.3 Å². The molecule has 6 atom stereocenters. The molecule has 4 aliphatic rings. The van der Waals surface area contributed by atoms with E-state index in [9.17, 15) is 15.0 Å². The maximum atomic E-state index is 14.7. The number of hydrogen-bond acceptors (Lipinski definition) is 9. The molecule has 2 aromatic rings. The number of allylic oxidation sites excluding steroid dienone is 1. The van der Waals surface area contributed by atoms with Crippen LogP contribution in [0.2, 0.25) is 0 Å². The van der Waals surface area contributed by atoms with E-state index < -0.39 is 17.4 Å². The number of thioether (sulfide) groups is 1. The van der Waals surface area contributed by atoms with Crippen LogP contribution in [0.1, 0.15) is 129 Å². The van der Waals surface area contributed by atoms with Gasteiger partial charge in [0.1, 0.15) is 23.1 Å². The number of amides is 1. The first kappa shape index (κ1) is 46.2. The first-order valence-corrected chi connectivity index (χ1v) is 24.0. The number of ether oxygens (including phenoxy) is 3. The monoisotopic (exact) mass is 845 g/mol. The third-order valence-corrected chi connectivity index (χ3v) is 13.8. The lowest BCUT2D eigenvalue weighted by Gasteiger charge is -2.60. The number of carbonyl (C=O) groups is 1. The summed E-state index contributed by atoms with van der Waals surface area (Å²) >= 11 is 1.77. The molecule has 1 amide bonds. The van der Waals surface area contributed by atoms with E-state index in [4.69, 9.17) is 24.2 Å². The number of rotatable bonds is 23. The van der Waals surface area contributed by atoms with Gasteiger partial charge < -0.3 is 34.2 Å². The second-order valence-electron chi connectivity index (χ2n) is 18.3. The van der Waals surface area contributed by atoms with Crippen molar-refractivity contribution in [1.82, 2.24) is 4.90 Å². The molecule has 0 bridgehead atoms. The van der Waals surface area contributed by atoms with E-state index in [-0.39, 0.29) is 49.4 Å². The SMILES string of the molecule is C=CCOC12Oc3ccc(OCCSc4ccccc4)cc3C3C(CCCCO)C(CCCCO)C=C(C(=NOC(C)(C)C)CC1N(CCC)C(=O)CCC1CCCC1)C32. The van der Waals surface area contributed by atoms with E-state index in [0.717, 1.165) is 79.0 Å². The summed E-state index contributed by atoms with van der Waals surface area (Å²) in [5.74, 6) is 1.75. The molecule has 1 aliphatic heterocycles. The van der Waals surface area contributed by atoms with Gasteiger partial charge in [-0.3, -0.25) is 4.79 Å². The zero-order valence-electron chi connectivity index (χ0n) is 36.8. The Kier molecular flexibility index (Phi) is 17.1. The number of aliphatic hydroxyl groups excluding tert-OH is 2. The van der Waals surface area contributed by atoms with E-state index in [1.807, 2.05) is 39.0 Å². The Bertz CT molecular complexity index is 1740. The molecule has 330 valence electrons. The first-order valence-electron chi connectivity index (χ1n) is 23.0. The summed E-state index contributed by atoms with van der Waals surface area (Å²) < 4.78 is 21.1. The van der Waals surface area contributed by atoms with Crippen LogP contribution >= 0.6 is 11.8 Å². The van der Waals surface area contributed by atoms with Gasteiger partial charge in [-0.05, 0) is 113 Å². The van der Waals surface area contributed by atoms with Gasteiger partial charge >= 0.3 is 0 Å². The van der Waals surface area contributed by atoms with E-state index in [1.165, 1.54) is 30.6 Å². The van der Waals surface area contributed by atoms with Crippen LogP contribution < -0.4 is 9.47 Å². The number of benzene rings is 2. The highest BCUT2D eigenvalue weighted by Gasteiger charge is 2.65. The first-order chi connectivity index (χ1) is 29.1. The van der Waals surface area contributed by atoms with Gasteiger partial charge in [-0.15, -0.1) is 18.3 Å².